The highest BCUT2D eigenvalue weighted by atomic mass is 28.4. The van der Waals surface area contributed by atoms with E-state index in [1.807, 2.05) is 24.3 Å². The molecule has 18 heavy (non-hydrogen) atoms. The van der Waals surface area contributed by atoms with Crippen molar-refractivity contribution in [2.45, 2.75) is 51.9 Å². The van der Waals surface area contributed by atoms with Crippen molar-refractivity contribution in [2.75, 3.05) is 0 Å². The van der Waals surface area contributed by atoms with Crippen molar-refractivity contribution in [3.05, 3.63) is 35.4 Å². The first-order valence-electron chi connectivity index (χ1n) is 6.40. The molecule has 0 aliphatic rings. The first-order chi connectivity index (χ1) is 8.17. The maximum Gasteiger partial charge on any atom is 0.192 e. The van der Waals surface area contributed by atoms with Gasteiger partial charge in [0.05, 0.1) is 6.10 Å². The van der Waals surface area contributed by atoms with Gasteiger partial charge >= 0.3 is 0 Å². The fourth-order valence-electron chi connectivity index (χ4n) is 1.53. The van der Waals surface area contributed by atoms with Gasteiger partial charge in [-0.1, -0.05) is 45.0 Å². The van der Waals surface area contributed by atoms with Gasteiger partial charge < -0.3 is 4.43 Å². The van der Waals surface area contributed by atoms with Crippen molar-refractivity contribution in [1.29, 1.82) is 0 Å². The molecule has 100 valence electrons. The van der Waals surface area contributed by atoms with Gasteiger partial charge in [-0.3, -0.25) is 4.79 Å². The molecule has 2 nitrogen and oxygen atoms in total. The highest BCUT2D eigenvalue weighted by Gasteiger charge is 2.38. The maximum absolute atomic E-state index is 10.6. The van der Waals surface area contributed by atoms with Gasteiger partial charge in [0, 0.05) is 5.56 Å². The minimum absolute atomic E-state index is 0.0755. The number of rotatable bonds is 4. The van der Waals surface area contributed by atoms with Crippen LogP contribution in [0.3, 0.4) is 0 Å². The number of aldehydes is 1. The van der Waals surface area contributed by atoms with Crippen molar-refractivity contribution in [3.8, 4) is 0 Å². The highest BCUT2D eigenvalue weighted by molar-refractivity contribution is 6.74. The Hall–Kier alpha value is -0.933. The fourth-order valence-corrected chi connectivity index (χ4v) is 2.91. The van der Waals surface area contributed by atoms with Gasteiger partial charge in [-0.25, -0.2) is 0 Å². The van der Waals surface area contributed by atoms with E-state index >= 15 is 0 Å². The van der Waals surface area contributed by atoms with Crippen molar-refractivity contribution in [1.82, 2.24) is 0 Å². The molecule has 3 heteroatoms. The predicted molar refractivity (Wildman–Crippen MR) is 78.5 cm³/mol. The molecular formula is C15H24O2Si. The predicted octanol–water partition coefficient (Wildman–Crippen LogP) is 4.58. The number of carbonyl (C=O) groups excluding carboxylic acids is 1. The molecule has 1 unspecified atom stereocenters. The second-order valence-electron chi connectivity index (χ2n) is 6.30. The summed E-state index contributed by atoms with van der Waals surface area (Å²) in [5.74, 6) is 0. The standard InChI is InChI=1S/C15H24O2Si/c1-12(17-18(5,6)15(2,3)4)14-9-7-13(11-16)8-10-14/h7-12H,1-6H3. The largest absolute Gasteiger partial charge is 0.410 e. The van der Waals surface area contributed by atoms with Crippen LogP contribution in [0, 0.1) is 0 Å². The van der Waals surface area contributed by atoms with Crippen LogP contribution in [0.4, 0.5) is 0 Å². The van der Waals surface area contributed by atoms with Crippen LogP contribution < -0.4 is 0 Å². The third-order valence-electron chi connectivity index (χ3n) is 3.82. The van der Waals surface area contributed by atoms with Gasteiger partial charge in [0.2, 0.25) is 0 Å². The van der Waals surface area contributed by atoms with Crippen molar-refractivity contribution < 1.29 is 9.22 Å². The molecule has 1 rings (SSSR count). The van der Waals surface area contributed by atoms with Crippen LogP contribution in [-0.2, 0) is 4.43 Å². The van der Waals surface area contributed by atoms with Crippen molar-refractivity contribution in [2.24, 2.45) is 0 Å². The van der Waals surface area contributed by atoms with Gasteiger partial charge in [0.25, 0.3) is 0 Å². The first-order valence-corrected chi connectivity index (χ1v) is 9.31. The second kappa shape index (κ2) is 5.37. The van der Waals surface area contributed by atoms with Crippen LogP contribution >= 0.6 is 0 Å². The quantitative estimate of drug-likeness (QED) is 0.587. The third kappa shape index (κ3) is 3.53. The summed E-state index contributed by atoms with van der Waals surface area (Å²) in [4.78, 5) is 10.6. The van der Waals surface area contributed by atoms with E-state index in [9.17, 15) is 4.79 Å². The smallest absolute Gasteiger partial charge is 0.192 e. The average molecular weight is 264 g/mol. The molecule has 0 saturated heterocycles. The van der Waals surface area contributed by atoms with Gasteiger partial charge in [-0.2, -0.15) is 0 Å². The Labute approximate surface area is 111 Å². The first kappa shape index (κ1) is 15.1. The van der Waals surface area contributed by atoms with Gasteiger partial charge in [-0.15, -0.1) is 0 Å². The van der Waals surface area contributed by atoms with E-state index < -0.39 is 8.32 Å². The Kier molecular flexibility index (Phi) is 4.51. The summed E-state index contributed by atoms with van der Waals surface area (Å²) in [5.41, 5.74) is 1.84. The van der Waals surface area contributed by atoms with Gasteiger partial charge in [-0.05, 0) is 30.6 Å². The van der Waals surface area contributed by atoms with Crippen LogP contribution in [0.5, 0.6) is 0 Å². The topological polar surface area (TPSA) is 26.3 Å². The Morgan fingerprint density at radius 3 is 2.06 bits per heavy atom. The summed E-state index contributed by atoms with van der Waals surface area (Å²) in [5, 5.41) is 0.212. The zero-order valence-corrected chi connectivity index (χ0v) is 13.3. The van der Waals surface area contributed by atoms with E-state index in [1.165, 1.54) is 0 Å². The van der Waals surface area contributed by atoms with Gasteiger partial charge in [0.15, 0.2) is 8.32 Å². The van der Waals surface area contributed by atoms with E-state index in [0.29, 0.717) is 5.56 Å². The zero-order valence-electron chi connectivity index (χ0n) is 12.3. The molecule has 0 amide bonds. The molecule has 0 fully saturated rings. The Morgan fingerprint density at radius 2 is 1.67 bits per heavy atom. The molecule has 1 aromatic carbocycles. The molecule has 1 aromatic rings. The molecule has 0 aliphatic carbocycles. The lowest BCUT2D eigenvalue weighted by Gasteiger charge is -2.38. The molecule has 0 aromatic heterocycles. The molecule has 0 heterocycles. The van der Waals surface area contributed by atoms with Crippen LogP contribution in [-0.4, -0.2) is 14.6 Å². The summed E-state index contributed by atoms with van der Waals surface area (Å²) >= 11 is 0. The van der Waals surface area contributed by atoms with E-state index in [-0.39, 0.29) is 11.1 Å². The lowest BCUT2D eigenvalue weighted by molar-refractivity contribution is 0.112. The zero-order chi connectivity index (χ0) is 14.0. The summed E-state index contributed by atoms with van der Waals surface area (Å²) < 4.78 is 6.31. The Morgan fingerprint density at radius 1 is 1.17 bits per heavy atom. The number of hydrogen-bond donors (Lipinski definition) is 0. The number of carbonyl (C=O) groups is 1. The normalized spacial score (nSPS) is 14.3. The van der Waals surface area contributed by atoms with Crippen molar-refractivity contribution in [3.63, 3.8) is 0 Å². The van der Waals surface area contributed by atoms with Crippen LogP contribution in [0.2, 0.25) is 18.1 Å². The van der Waals surface area contributed by atoms with Crippen LogP contribution in [0.25, 0.3) is 0 Å². The molecule has 0 bridgehead atoms. The molecule has 0 aliphatic heterocycles. The number of benzene rings is 1. The minimum atomic E-state index is -1.74. The lowest BCUT2D eigenvalue weighted by atomic mass is 10.1. The molecule has 0 N–H and O–H groups in total. The Bertz CT molecular complexity index is 401. The van der Waals surface area contributed by atoms with E-state index in [0.717, 1.165) is 11.8 Å². The van der Waals surface area contributed by atoms with Crippen molar-refractivity contribution >= 4 is 14.6 Å². The lowest BCUT2D eigenvalue weighted by Crippen LogP contribution is -2.41. The second-order valence-corrected chi connectivity index (χ2v) is 11.1. The monoisotopic (exact) mass is 264 g/mol. The molecule has 1 atom stereocenters. The molecule has 0 spiro atoms. The molecular weight excluding hydrogens is 240 g/mol. The van der Waals surface area contributed by atoms with E-state index in [1.54, 1.807) is 0 Å². The third-order valence-corrected chi connectivity index (χ3v) is 8.37. The number of hydrogen-bond acceptors (Lipinski definition) is 2. The average Bonchev–Trinajstić information content (AvgIpc) is 2.27. The molecule has 0 radical (unpaired) electrons. The van der Waals surface area contributed by atoms with E-state index in [2.05, 4.69) is 40.8 Å². The van der Waals surface area contributed by atoms with Crippen LogP contribution in [0.15, 0.2) is 24.3 Å². The minimum Gasteiger partial charge on any atom is -0.410 e. The van der Waals surface area contributed by atoms with E-state index in [4.69, 9.17) is 4.43 Å². The summed E-state index contributed by atoms with van der Waals surface area (Å²) in [7, 11) is -1.74. The maximum atomic E-state index is 10.6. The molecule has 0 saturated carbocycles. The summed E-state index contributed by atoms with van der Waals surface area (Å²) in [6.45, 7) is 13.3. The Balaban J connectivity index is 2.81. The SMILES string of the molecule is CC(O[Si](C)(C)C(C)(C)C)c1ccc(C=O)cc1. The fraction of sp³-hybridized carbons (Fsp3) is 0.533. The summed E-state index contributed by atoms with van der Waals surface area (Å²) in [6, 6.07) is 7.63. The summed E-state index contributed by atoms with van der Waals surface area (Å²) in [6.07, 6.45) is 0.940. The van der Waals surface area contributed by atoms with Crippen LogP contribution in [0.1, 0.15) is 49.7 Å². The highest BCUT2D eigenvalue weighted by Crippen LogP contribution is 2.39. The van der Waals surface area contributed by atoms with Gasteiger partial charge in [0.1, 0.15) is 6.29 Å².